The molecule has 25 heavy (non-hydrogen) atoms. The number of ether oxygens (including phenoxy) is 1. The van der Waals surface area contributed by atoms with Gasteiger partial charge in [-0.2, -0.15) is 13.2 Å². The predicted molar refractivity (Wildman–Crippen MR) is 85.0 cm³/mol. The summed E-state index contributed by atoms with van der Waals surface area (Å²) in [5.74, 6) is -1.85. The molecule has 0 atom stereocenters. The van der Waals surface area contributed by atoms with Crippen LogP contribution in [0.1, 0.15) is 18.9 Å². The van der Waals surface area contributed by atoms with E-state index >= 15 is 0 Å². The first-order valence-corrected chi connectivity index (χ1v) is 8.24. The number of alkyl halides is 3. The lowest BCUT2D eigenvalue weighted by molar-refractivity contribution is -0.145. The lowest BCUT2D eigenvalue weighted by atomic mass is 10.2. The number of urea groups is 1. The van der Waals surface area contributed by atoms with Crippen LogP contribution in [0, 0.1) is 0 Å². The molecule has 0 saturated carbocycles. The van der Waals surface area contributed by atoms with E-state index in [0.29, 0.717) is 13.0 Å². The Bertz CT molecular complexity index is 623. The zero-order chi connectivity index (χ0) is 18.9. The first kappa shape index (κ1) is 20.8. The van der Waals surface area contributed by atoms with Crippen molar-refractivity contribution in [3.05, 3.63) is 29.8 Å². The van der Waals surface area contributed by atoms with Crippen LogP contribution >= 0.6 is 11.8 Å². The van der Waals surface area contributed by atoms with Crippen LogP contribution < -0.4 is 10.6 Å². The standard InChI is InChI=1S/C15H17F3N2O4S/c1-2-6-19-14(23)20-12(21)8-24-13(22)9-25-11-5-3-4-10(7-11)15(16,17)18/h3-5,7H,2,6,8-9H2,1H3,(H2,19,20,21,23). The van der Waals surface area contributed by atoms with Gasteiger partial charge < -0.3 is 10.1 Å². The van der Waals surface area contributed by atoms with Gasteiger partial charge in [-0.1, -0.05) is 13.0 Å². The zero-order valence-electron chi connectivity index (χ0n) is 13.3. The van der Waals surface area contributed by atoms with Gasteiger partial charge in [0.15, 0.2) is 6.61 Å². The van der Waals surface area contributed by atoms with Gasteiger partial charge in [-0.25, -0.2) is 4.79 Å². The molecule has 0 unspecified atom stereocenters. The van der Waals surface area contributed by atoms with E-state index in [9.17, 15) is 27.6 Å². The molecule has 0 saturated heterocycles. The van der Waals surface area contributed by atoms with Gasteiger partial charge in [0.2, 0.25) is 0 Å². The van der Waals surface area contributed by atoms with Gasteiger partial charge in [0.25, 0.3) is 5.91 Å². The van der Waals surface area contributed by atoms with Gasteiger partial charge in [-0.3, -0.25) is 14.9 Å². The lowest BCUT2D eigenvalue weighted by Crippen LogP contribution is -2.41. The summed E-state index contributed by atoms with van der Waals surface area (Å²) in [7, 11) is 0. The molecule has 0 heterocycles. The smallest absolute Gasteiger partial charge is 0.416 e. The minimum Gasteiger partial charge on any atom is -0.455 e. The van der Waals surface area contributed by atoms with Crippen LogP contribution in [-0.2, 0) is 20.5 Å². The number of rotatable bonds is 7. The van der Waals surface area contributed by atoms with Crippen molar-refractivity contribution in [2.75, 3.05) is 18.9 Å². The number of hydrogen-bond acceptors (Lipinski definition) is 5. The summed E-state index contributed by atoms with van der Waals surface area (Å²) in [6, 6.07) is 3.82. The Balaban J connectivity index is 2.36. The fourth-order valence-corrected chi connectivity index (χ4v) is 2.29. The number of thioether (sulfide) groups is 1. The van der Waals surface area contributed by atoms with Crippen molar-refractivity contribution in [2.45, 2.75) is 24.4 Å². The van der Waals surface area contributed by atoms with Gasteiger partial charge in [0.1, 0.15) is 0 Å². The van der Waals surface area contributed by atoms with Crippen LogP contribution in [0.5, 0.6) is 0 Å². The molecule has 0 fully saturated rings. The minimum absolute atomic E-state index is 0.246. The number of amides is 3. The largest absolute Gasteiger partial charge is 0.455 e. The molecule has 0 radical (unpaired) electrons. The normalized spacial score (nSPS) is 10.9. The molecule has 2 N–H and O–H groups in total. The number of hydrogen-bond donors (Lipinski definition) is 2. The summed E-state index contributed by atoms with van der Waals surface area (Å²) in [5.41, 5.74) is -0.816. The molecule has 0 aliphatic rings. The van der Waals surface area contributed by atoms with Gasteiger partial charge >= 0.3 is 18.2 Å². The van der Waals surface area contributed by atoms with Crippen LogP contribution in [0.4, 0.5) is 18.0 Å². The van der Waals surface area contributed by atoms with Gasteiger partial charge in [0.05, 0.1) is 11.3 Å². The SMILES string of the molecule is CCCNC(=O)NC(=O)COC(=O)CSc1cccc(C(F)(F)F)c1. The first-order chi connectivity index (χ1) is 11.7. The second-order valence-electron chi connectivity index (χ2n) is 4.78. The quantitative estimate of drug-likeness (QED) is 0.563. The Hall–Kier alpha value is -2.23. The van der Waals surface area contributed by atoms with E-state index in [0.717, 1.165) is 23.9 Å². The average molecular weight is 378 g/mol. The van der Waals surface area contributed by atoms with E-state index in [1.807, 2.05) is 12.2 Å². The van der Waals surface area contributed by atoms with Crippen LogP contribution in [0.2, 0.25) is 0 Å². The van der Waals surface area contributed by atoms with Gasteiger partial charge in [0, 0.05) is 11.4 Å². The van der Waals surface area contributed by atoms with E-state index in [4.69, 9.17) is 0 Å². The molecule has 0 aromatic heterocycles. The summed E-state index contributed by atoms with van der Waals surface area (Å²) in [5, 5.41) is 4.38. The van der Waals surface area contributed by atoms with Crippen LogP contribution in [0.15, 0.2) is 29.2 Å². The van der Waals surface area contributed by atoms with Crippen LogP contribution in [0.3, 0.4) is 0 Å². The number of esters is 1. The Morgan fingerprint density at radius 3 is 2.60 bits per heavy atom. The monoisotopic (exact) mass is 378 g/mol. The highest BCUT2D eigenvalue weighted by Gasteiger charge is 2.30. The molecule has 6 nitrogen and oxygen atoms in total. The Kier molecular flexibility index (Phi) is 8.26. The van der Waals surface area contributed by atoms with E-state index < -0.39 is 36.3 Å². The number of carbonyl (C=O) groups is 3. The molecule has 0 aliphatic heterocycles. The number of halogens is 3. The fraction of sp³-hybridized carbons (Fsp3) is 0.400. The third-order valence-electron chi connectivity index (χ3n) is 2.67. The summed E-state index contributed by atoms with van der Waals surface area (Å²) < 4.78 is 42.4. The lowest BCUT2D eigenvalue weighted by Gasteiger charge is -2.09. The van der Waals surface area contributed by atoms with Crippen molar-refractivity contribution < 1.29 is 32.3 Å². The number of nitrogens with one attached hydrogen (secondary N) is 2. The molecule has 138 valence electrons. The first-order valence-electron chi connectivity index (χ1n) is 7.25. The second kappa shape index (κ2) is 9.92. The van der Waals surface area contributed by atoms with E-state index in [2.05, 4.69) is 10.1 Å². The summed E-state index contributed by atoms with van der Waals surface area (Å²) in [6.07, 6.45) is -3.77. The third kappa shape index (κ3) is 8.43. The van der Waals surface area contributed by atoms with E-state index in [-0.39, 0.29) is 10.6 Å². The maximum absolute atomic E-state index is 12.6. The molecule has 3 amide bonds. The van der Waals surface area contributed by atoms with Crippen molar-refractivity contribution in [1.29, 1.82) is 0 Å². The predicted octanol–water partition coefficient (Wildman–Crippen LogP) is 2.58. The number of benzene rings is 1. The molecule has 10 heteroatoms. The Morgan fingerprint density at radius 1 is 1.24 bits per heavy atom. The van der Waals surface area contributed by atoms with Crippen molar-refractivity contribution in [3.63, 3.8) is 0 Å². The Labute approximate surface area is 146 Å². The Morgan fingerprint density at radius 2 is 1.96 bits per heavy atom. The van der Waals surface area contributed by atoms with Gasteiger partial charge in [-0.05, 0) is 24.6 Å². The highest BCUT2D eigenvalue weighted by atomic mass is 32.2. The summed E-state index contributed by atoms with van der Waals surface area (Å²) in [6.45, 7) is 1.58. The second-order valence-corrected chi connectivity index (χ2v) is 5.83. The van der Waals surface area contributed by atoms with E-state index in [1.165, 1.54) is 12.1 Å². The summed E-state index contributed by atoms with van der Waals surface area (Å²) >= 11 is 0.850. The van der Waals surface area contributed by atoms with E-state index in [1.54, 1.807) is 0 Å². The fourth-order valence-electron chi connectivity index (χ4n) is 1.54. The summed E-state index contributed by atoms with van der Waals surface area (Å²) in [4.78, 5) is 34.3. The van der Waals surface area contributed by atoms with Crippen molar-refractivity contribution in [3.8, 4) is 0 Å². The maximum Gasteiger partial charge on any atom is 0.416 e. The van der Waals surface area contributed by atoms with Crippen LogP contribution in [0.25, 0.3) is 0 Å². The number of imide groups is 1. The number of carbonyl (C=O) groups excluding carboxylic acids is 3. The minimum atomic E-state index is -4.46. The van der Waals surface area contributed by atoms with Crippen molar-refractivity contribution in [2.24, 2.45) is 0 Å². The van der Waals surface area contributed by atoms with Crippen molar-refractivity contribution in [1.82, 2.24) is 10.6 Å². The molecule has 1 aromatic carbocycles. The molecular weight excluding hydrogens is 361 g/mol. The molecule has 1 rings (SSSR count). The molecule has 0 bridgehead atoms. The maximum atomic E-state index is 12.6. The van der Waals surface area contributed by atoms with Gasteiger partial charge in [-0.15, -0.1) is 11.8 Å². The van der Waals surface area contributed by atoms with Crippen molar-refractivity contribution >= 4 is 29.7 Å². The van der Waals surface area contributed by atoms with Crippen LogP contribution in [-0.4, -0.2) is 36.8 Å². The average Bonchev–Trinajstić information content (AvgIpc) is 2.55. The third-order valence-corrected chi connectivity index (χ3v) is 3.64. The molecule has 0 aliphatic carbocycles. The highest BCUT2D eigenvalue weighted by molar-refractivity contribution is 8.00. The topological polar surface area (TPSA) is 84.5 Å². The zero-order valence-corrected chi connectivity index (χ0v) is 14.1. The molecular formula is C15H17F3N2O4S. The molecule has 0 spiro atoms. The highest BCUT2D eigenvalue weighted by Crippen LogP contribution is 2.31. The molecule has 1 aromatic rings.